The van der Waals surface area contributed by atoms with Gasteiger partial charge in [-0.1, -0.05) is 6.07 Å². The zero-order valence-electron chi connectivity index (χ0n) is 8.73. The molecule has 1 aliphatic rings. The highest BCUT2D eigenvalue weighted by Gasteiger charge is 2.22. The third-order valence-corrected chi connectivity index (χ3v) is 4.32. The van der Waals surface area contributed by atoms with E-state index in [4.69, 9.17) is 4.74 Å². The standard InChI is InChI=1S/C11H15NO2S/c1-14-9-3-2-4-10(7-9)15(13)11-5-6-12-8-11/h2-4,7,11-12H,5-6,8H2,1H3. The molecule has 82 valence electrons. The van der Waals surface area contributed by atoms with Crippen LogP contribution in [0.4, 0.5) is 0 Å². The third kappa shape index (κ3) is 2.38. The van der Waals surface area contributed by atoms with Crippen molar-refractivity contribution in [3.8, 4) is 5.75 Å². The summed E-state index contributed by atoms with van der Waals surface area (Å²) < 4.78 is 17.2. The Bertz CT molecular complexity index is 361. The maximum absolute atomic E-state index is 12.1. The van der Waals surface area contributed by atoms with E-state index in [-0.39, 0.29) is 5.25 Å². The van der Waals surface area contributed by atoms with Crippen molar-refractivity contribution in [1.29, 1.82) is 0 Å². The average molecular weight is 225 g/mol. The van der Waals surface area contributed by atoms with Crippen LogP contribution in [0, 0.1) is 0 Å². The molecule has 1 aromatic rings. The van der Waals surface area contributed by atoms with E-state index in [0.717, 1.165) is 30.2 Å². The SMILES string of the molecule is COc1cccc(S(=O)C2CCNC2)c1. The molecule has 2 atom stereocenters. The van der Waals surface area contributed by atoms with Crippen molar-refractivity contribution in [3.63, 3.8) is 0 Å². The summed E-state index contributed by atoms with van der Waals surface area (Å²) in [6.45, 7) is 1.82. The van der Waals surface area contributed by atoms with Crippen molar-refractivity contribution < 1.29 is 8.95 Å². The normalized spacial score (nSPS) is 22.6. The van der Waals surface area contributed by atoms with Gasteiger partial charge in [0.05, 0.1) is 23.2 Å². The topological polar surface area (TPSA) is 38.3 Å². The van der Waals surface area contributed by atoms with Crippen molar-refractivity contribution in [3.05, 3.63) is 24.3 Å². The summed E-state index contributed by atoms with van der Waals surface area (Å²) in [4.78, 5) is 0.864. The predicted molar refractivity (Wildman–Crippen MR) is 60.7 cm³/mol. The van der Waals surface area contributed by atoms with E-state index in [1.807, 2.05) is 24.3 Å². The number of hydrogen-bond donors (Lipinski definition) is 1. The highest BCUT2D eigenvalue weighted by atomic mass is 32.2. The smallest absolute Gasteiger partial charge is 0.120 e. The molecule has 2 unspecified atom stereocenters. The molecular weight excluding hydrogens is 210 g/mol. The molecule has 2 rings (SSSR count). The molecule has 0 aromatic heterocycles. The van der Waals surface area contributed by atoms with Crippen LogP contribution in [0.5, 0.6) is 5.75 Å². The summed E-state index contributed by atoms with van der Waals surface area (Å²) in [6, 6.07) is 7.51. The van der Waals surface area contributed by atoms with Crippen LogP contribution < -0.4 is 10.1 Å². The number of benzene rings is 1. The molecule has 1 fully saturated rings. The van der Waals surface area contributed by atoms with Gasteiger partial charge in [-0.2, -0.15) is 0 Å². The van der Waals surface area contributed by atoms with Gasteiger partial charge in [0.1, 0.15) is 5.75 Å². The van der Waals surface area contributed by atoms with Crippen molar-refractivity contribution >= 4 is 10.8 Å². The van der Waals surface area contributed by atoms with Gasteiger partial charge in [-0.05, 0) is 31.2 Å². The Labute approximate surface area is 92.3 Å². The van der Waals surface area contributed by atoms with E-state index >= 15 is 0 Å². The van der Waals surface area contributed by atoms with Gasteiger partial charge in [0.2, 0.25) is 0 Å². The fourth-order valence-corrected chi connectivity index (χ4v) is 3.16. The van der Waals surface area contributed by atoms with Crippen LogP contribution in [0.25, 0.3) is 0 Å². The molecule has 0 radical (unpaired) electrons. The minimum absolute atomic E-state index is 0.247. The summed E-state index contributed by atoms with van der Waals surface area (Å²) in [5.74, 6) is 0.770. The molecule has 4 heteroatoms. The van der Waals surface area contributed by atoms with E-state index in [1.54, 1.807) is 7.11 Å². The quantitative estimate of drug-likeness (QED) is 0.839. The molecule has 0 saturated carbocycles. The Hall–Kier alpha value is -0.870. The molecule has 1 saturated heterocycles. The lowest BCUT2D eigenvalue weighted by atomic mass is 10.3. The first-order chi connectivity index (χ1) is 7.31. The zero-order chi connectivity index (χ0) is 10.7. The molecule has 0 aliphatic carbocycles. The first-order valence-corrected chi connectivity index (χ1v) is 6.28. The Morgan fingerprint density at radius 2 is 2.40 bits per heavy atom. The number of nitrogens with one attached hydrogen (secondary N) is 1. The lowest BCUT2D eigenvalue weighted by Crippen LogP contribution is -2.18. The lowest BCUT2D eigenvalue weighted by molar-refractivity contribution is 0.413. The molecule has 0 spiro atoms. The molecule has 1 N–H and O–H groups in total. The number of hydrogen-bond acceptors (Lipinski definition) is 3. The van der Waals surface area contributed by atoms with Crippen molar-refractivity contribution in [2.24, 2.45) is 0 Å². The van der Waals surface area contributed by atoms with Gasteiger partial charge in [0.25, 0.3) is 0 Å². The zero-order valence-corrected chi connectivity index (χ0v) is 9.55. The number of ether oxygens (including phenoxy) is 1. The molecular formula is C11H15NO2S. The molecule has 1 aromatic carbocycles. The maximum atomic E-state index is 12.1. The average Bonchev–Trinajstić information content (AvgIpc) is 2.81. The van der Waals surface area contributed by atoms with Gasteiger partial charge in [-0.25, -0.2) is 0 Å². The van der Waals surface area contributed by atoms with Gasteiger partial charge in [0.15, 0.2) is 0 Å². The molecule has 3 nitrogen and oxygen atoms in total. The molecule has 0 bridgehead atoms. The van der Waals surface area contributed by atoms with Crippen LogP contribution in [0.3, 0.4) is 0 Å². The van der Waals surface area contributed by atoms with Crippen molar-refractivity contribution in [1.82, 2.24) is 5.32 Å². The van der Waals surface area contributed by atoms with Crippen LogP contribution in [0.15, 0.2) is 29.2 Å². The number of methoxy groups -OCH3 is 1. The molecule has 1 heterocycles. The van der Waals surface area contributed by atoms with E-state index in [0.29, 0.717) is 0 Å². The first-order valence-electron chi connectivity index (χ1n) is 5.06. The van der Waals surface area contributed by atoms with Gasteiger partial charge in [-0.15, -0.1) is 0 Å². The Balaban J connectivity index is 2.17. The van der Waals surface area contributed by atoms with Gasteiger partial charge >= 0.3 is 0 Å². The highest BCUT2D eigenvalue weighted by Crippen LogP contribution is 2.20. The predicted octanol–water partition coefficient (Wildman–Crippen LogP) is 1.16. The summed E-state index contributed by atoms with van der Waals surface area (Å²) in [5.41, 5.74) is 0. The maximum Gasteiger partial charge on any atom is 0.120 e. The van der Waals surface area contributed by atoms with E-state index in [2.05, 4.69) is 5.32 Å². The van der Waals surface area contributed by atoms with Crippen LogP contribution in [0.2, 0.25) is 0 Å². The summed E-state index contributed by atoms with van der Waals surface area (Å²) in [6.07, 6.45) is 0.990. The minimum atomic E-state index is -0.913. The monoisotopic (exact) mass is 225 g/mol. The highest BCUT2D eigenvalue weighted by molar-refractivity contribution is 7.85. The van der Waals surface area contributed by atoms with Crippen LogP contribution >= 0.6 is 0 Å². The van der Waals surface area contributed by atoms with Gasteiger partial charge in [-0.3, -0.25) is 4.21 Å². The lowest BCUT2D eigenvalue weighted by Gasteiger charge is -2.09. The second-order valence-electron chi connectivity index (χ2n) is 3.59. The minimum Gasteiger partial charge on any atom is -0.497 e. The fourth-order valence-electron chi connectivity index (χ4n) is 1.73. The van der Waals surface area contributed by atoms with Gasteiger partial charge < -0.3 is 10.1 Å². The van der Waals surface area contributed by atoms with E-state index in [1.165, 1.54) is 0 Å². The first kappa shape index (κ1) is 10.6. The third-order valence-electron chi connectivity index (χ3n) is 2.59. The van der Waals surface area contributed by atoms with Crippen molar-refractivity contribution in [2.45, 2.75) is 16.6 Å². The van der Waals surface area contributed by atoms with Gasteiger partial charge in [0, 0.05) is 11.4 Å². The fraction of sp³-hybridized carbons (Fsp3) is 0.455. The summed E-state index contributed by atoms with van der Waals surface area (Å²) in [7, 11) is 0.711. The number of rotatable bonds is 3. The van der Waals surface area contributed by atoms with Crippen molar-refractivity contribution in [2.75, 3.05) is 20.2 Å². The van der Waals surface area contributed by atoms with E-state index in [9.17, 15) is 4.21 Å². The van der Waals surface area contributed by atoms with Crippen LogP contribution in [0.1, 0.15) is 6.42 Å². The second-order valence-corrected chi connectivity index (χ2v) is 5.32. The molecule has 15 heavy (non-hydrogen) atoms. The summed E-state index contributed by atoms with van der Waals surface area (Å²) in [5, 5.41) is 3.47. The van der Waals surface area contributed by atoms with E-state index < -0.39 is 10.8 Å². The summed E-state index contributed by atoms with van der Waals surface area (Å²) >= 11 is 0. The second kappa shape index (κ2) is 4.77. The Morgan fingerprint density at radius 3 is 3.07 bits per heavy atom. The largest absolute Gasteiger partial charge is 0.497 e. The van der Waals surface area contributed by atoms with Crippen LogP contribution in [-0.4, -0.2) is 29.7 Å². The molecule has 1 aliphatic heterocycles. The Morgan fingerprint density at radius 1 is 1.53 bits per heavy atom. The molecule has 0 amide bonds. The Kier molecular flexibility index (Phi) is 3.38. The van der Waals surface area contributed by atoms with Crippen LogP contribution in [-0.2, 0) is 10.8 Å².